The van der Waals surface area contributed by atoms with Crippen LogP contribution in [0.25, 0.3) is 0 Å². The summed E-state index contributed by atoms with van der Waals surface area (Å²) in [6.07, 6.45) is 0. The molecule has 6 nitrogen and oxygen atoms in total. The maximum atomic E-state index is 13.9. The maximum Gasteiger partial charge on any atom is 0.243 e. The number of aliphatic imine (C=N–C) groups is 1. The van der Waals surface area contributed by atoms with E-state index in [0.717, 1.165) is 5.56 Å². The molecular formula is C18H30FIN4O2. The fraction of sp³-hybridized carbons (Fsp3) is 0.556. The normalized spacial score (nSPS) is 12.2. The Kier molecular flexibility index (Phi) is 11.2. The maximum absolute atomic E-state index is 13.9. The van der Waals surface area contributed by atoms with Crippen LogP contribution in [0, 0.1) is 11.7 Å². The standard InChI is InChI=1S/C18H29FN4O2.HI/c1-12(2)10-20-18(21-11-17(24)23(4)5)22-13(3)14-7-8-16(25-6)15(19)9-14;/h7-9,12-13H,10-11H2,1-6H3,(H2,20,21,22);1H. The number of carbonyl (C=O) groups is 1. The molecule has 1 unspecified atom stereocenters. The molecule has 148 valence electrons. The summed E-state index contributed by atoms with van der Waals surface area (Å²) in [4.78, 5) is 17.6. The molecule has 0 radical (unpaired) electrons. The lowest BCUT2D eigenvalue weighted by Crippen LogP contribution is -2.41. The first kappa shape index (κ1) is 24.4. The third-order valence-corrected chi connectivity index (χ3v) is 3.58. The summed E-state index contributed by atoms with van der Waals surface area (Å²) in [5.41, 5.74) is 0.760. The van der Waals surface area contributed by atoms with Crippen molar-refractivity contribution < 1.29 is 13.9 Å². The monoisotopic (exact) mass is 480 g/mol. The summed E-state index contributed by atoms with van der Waals surface area (Å²) >= 11 is 0. The first-order chi connectivity index (χ1) is 11.7. The van der Waals surface area contributed by atoms with E-state index in [0.29, 0.717) is 18.4 Å². The Labute approximate surface area is 172 Å². The second-order valence-corrected chi connectivity index (χ2v) is 6.49. The molecule has 0 saturated heterocycles. The van der Waals surface area contributed by atoms with Crippen molar-refractivity contribution in [3.63, 3.8) is 0 Å². The van der Waals surface area contributed by atoms with Gasteiger partial charge in [0.25, 0.3) is 0 Å². The quantitative estimate of drug-likeness (QED) is 0.358. The lowest BCUT2D eigenvalue weighted by molar-refractivity contribution is -0.127. The van der Waals surface area contributed by atoms with E-state index in [9.17, 15) is 9.18 Å². The zero-order valence-electron chi connectivity index (χ0n) is 16.3. The van der Waals surface area contributed by atoms with Crippen molar-refractivity contribution in [2.75, 3.05) is 34.3 Å². The number of benzene rings is 1. The van der Waals surface area contributed by atoms with E-state index in [4.69, 9.17) is 4.74 Å². The van der Waals surface area contributed by atoms with E-state index >= 15 is 0 Å². The van der Waals surface area contributed by atoms with Crippen molar-refractivity contribution >= 4 is 35.8 Å². The number of hydrogen-bond donors (Lipinski definition) is 2. The van der Waals surface area contributed by atoms with Crippen LogP contribution in [0.15, 0.2) is 23.2 Å². The summed E-state index contributed by atoms with van der Waals surface area (Å²) in [5.74, 6) is 0.649. The molecule has 0 bridgehead atoms. The van der Waals surface area contributed by atoms with Crippen LogP contribution >= 0.6 is 24.0 Å². The highest BCUT2D eigenvalue weighted by Gasteiger charge is 2.12. The molecule has 1 amide bonds. The van der Waals surface area contributed by atoms with Gasteiger partial charge >= 0.3 is 0 Å². The van der Waals surface area contributed by atoms with Gasteiger partial charge in [-0.2, -0.15) is 0 Å². The number of ether oxygens (including phenoxy) is 1. The molecule has 0 aliphatic carbocycles. The number of methoxy groups -OCH3 is 1. The zero-order valence-corrected chi connectivity index (χ0v) is 18.6. The van der Waals surface area contributed by atoms with Gasteiger partial charge in [-0.15, -0.1) is 24.0 Å². The summed E-state index contributed by atoms with van der Waals surface area (Å²) in [5, 5.41) is 6.41. The van der Waals surface area contributed by atoms with Crippen LogP contribution in [0.1, 0.15) is 32.4 Å². The lowest BCUT2D eigenvalue weighted by atomic mass is 10.1. The van der Waals surface area contributed by atoms with Gasteiger partial charge in [-0.1, -0.05) is 19.9 Å². The predicted octanol–water partition coefficient (Wildman–Crippen LogP) is 2.79. The molecule has 0 fully saturated rings. The summed E-state index contributed by atoms with van der Waals surface area (Å²) in [6, 6.07) is 4.64. The molecule has 2 N–H and O–H groups in total. The largest absolute Gasteiger partial charge is 0.494 e. The van der Waals surface area contributed by atoms with E-state index in [1.807, 2.05) is 6.92 Å². The number of rotatable bonds is 7. The average molecular weight is 480 g/mol. The van der Waals surface area contributed by atoms with Gasteiger partial charge < -0.3 is 20.3 Å². The molecule has 0 aliphatic heterocycles. The number of carbonyl (C=O) groups excluding carboxylic acids is 1. The molecular weight excluding hydrogens is 450 g/mol. The third-order valence-electron chi connectivity index (χ3n) is 3.58. The number of nitrogens with one attached hydrogen (secondary N) is 2. The van der Waals surface area contributed by atoms with Gasteiger partial charge in [-0.3, -0.25) is 4.79 Å². The molecule has 1 aromatic carbocycles. The van der Waals surface area contributed by atoms with E-state index < -0.39 is 5.82 Å². The van der Waals surface area contributed by atoms with Gasteiger partial charge in [-0.25, -0.2) is 9.38 Å². The smallest absolute Gasteiger partial charge is 0.243 e. The van der Waals surface area contributed by atoms with Gasteiger partial charge in [0.15, 0.2) is 17.5 Å². The predicted molar refractivity (Wildman–Crippen MR) is 114 cm³/mol. The number of nitrogens with zero attached hydrogens (tertiary/aromatic N) is 2. The van der Waals surface area contributed by atoms with Crippen LogP contribution in [0.2, 0.25) is 0 Å². The second-order valence-electron chi connectivity index (χ2n) is 6.49. The molecule has 0 aliphatic rings. The number of halogens is 2. The molecule has 0 heterocycles. The van der Waals surface area contributed by atoms with Crippen molar-refractivity contribution in [2.45, 2.75) is 26.8 Å². The molecule has 26 heavy (non-hydrogen) atoms. The van der Waals surface area contributed by atoms with Crippen LogP contribution in [-0.2, 0) is 4.79 Å². The van der Waals surface area contributed by atoms with Crippen molar-refractivity contribution in [3.05, 3.63) is 29.6 Å². The van der Waals surface area contributed by atoms with E-state index in [-0.39, 0.29) is 48.2 Å². The van der Waals surface area contributed by atoms with Gasteiger partial charge in [0.2, 0.25) is 5.91 Å². The Morgan fingerprint density at radius 3 is 2.46 bits per heavy atom. The first-order valence-electron chi connectivity index (χ1n) is 8.33. The van der Waals surface area contributed by atoms with Gasteiger partial charge in [-0.05, 0) is 30.5 Å². The number of likely N-dealkylation sites (N-methyl/N-ethyl adjacent to an activating group) is 1. The van der Waals surface area contributed by atoms with Crippen LogP contribution in [0.5, 0.6) is 5.75 Å². The topological polar surface area (TPSA) is 66.0 Å². The Bertz CT molecular complexity index is 609. The third kappa shape index (κ3) is 8.20. The van der Waals surface area contributed by atoms with Crippen LogP contribution in [0.3, 0.4) is 0 Å². The van der Waals surface area contributed by atoms with E-state index in [1.165, 1.54) is 18.1 Å². The van der Waals surface area contributed by atoms with Crippen LogP contribution < -0.4 is 15.4 Å². The highest BCUT2D eigenvalue weighted by molar-refractivity contribution is 14.0. The fourth-order valence-electron chi connectivity index (χ4n) is 1.98. The Hall–Kier alpha value is -1.58. The number of hydrogen-bond acceptors (Lipinski definition) is 3. The second kappa shape index (κ2) is 11.9. The fourth-order valence-corrected chi connectivity index (χ4v) is 1.98. The minimum Gasteiger partial charge on any atom is -0.494 e. The minimum absolute atomic E-state index is 0. The molecule has 1 atom stereocenters. The van der Waals surface area contributed by atoms with Crippen LogP contribution in [-0.4, -0.2) is 51.1 Å². The highest BCUT2D eigenvalue weighted by Crippen LogP contribution is 2.21. The average Bonchev–Trinajstić information content (AvgIpc) is 2.56. The number of amides is 1. The molecule has 1 rings (SSSR count). The SMILES string of the molecule is COc1ccc(C(C)NC(=NCC(=O)N(C)C)NCC(C)C)cc1F.I. The van der Waals surface area contributed by atoms with Gasteiger partial charge in [0.1, 0.15) is 6.54 Å². The van der Waals surface area contributed by atoms with Crippen molar-refractivity contribution in [1.82, 2.24) is 15.5 Å². The lowest BCUT2D eigenvalue weighted by Gasteiger charge is -2.20. The molecule has 0 saturated carbocycles. The number of guanidine groups is 1. The highest BCUT2D eigenvalue weighted by atomic mass is 127. The molecule has 1 aromatic rings. The minimum atomic E-state index is -0.412. The Morgan fingerprint density at radius 2 is 1.96 bits per heavy atom. The van der Waals surface area contributed by atoms with Crippen molar-refractivity contribution in [1.29, 1.82) is 0 Å². The summed E-state index contributed by atoms with van der Waals surface area (Å²) in [7, 11) is 4.81. The Balaban J connectivity index is 0.00000625. The molecule has 0 aromatic heterocycles. The van der Waals surface area contributed by atoms with Gasteiger partial charge in [0.05, 0.1) is 13.2 Å². The first-order valence-corrected chi connectivity index (χ1v) is 8.33. The van der Waals surface area contributed by atoms with Crippen molar-refractivity contribution in [2.24, 2.45) is 10.9 Å². The van der Waals surface area contributed by atoms with Crippen LogP contribution in [0.4, 0.5) is 4.39 Å². The Morgan fingerprint density at radius 1 is 1.31 bits per heavy atom. The van der Waals surface area contributed by atoms with E-state index in [2.05, 4.69) is 29.5 Å². The summed E-state index contributed by atoms with van der Waals surface area (Å²) < 4.78 is 18.8. The van der Waals surface area contributed by atoms with Gasteiger partial charge in [0, 0.05) is 20.6 Å². The van der Waals surface area contributed by atoms with Crippen molar-refractivity contribution in [3.8, 4) is 5.75 Å². The van der Waals surface area contributed by atoms with E-state index in [1.54, 1.807) is 26.2 Å². The molecule has 8 heteroatoms. The summed E-state index contributed by atoms with van der Waals surface area (Å²) in [6.45, 7) is 6.83. The molecule has 0 spiro atoms. The zero-order chi connectivity index (χ0) is 19.0.